The topological polar surface area (TPSA) is 32.3 Å². The fraction of sp³-hybridized carbons (Fsp3) is 0.625. The highest BCUT2D eigenvalue weighted by atomic mass is 32.2. The Kier molecular flexibility index (Phi) is 6.90. The zero-order valence-electron chi connectivity index (χ0n) is 12.7. The van der Waals surface area contributed by atoms with E-state index >= 15 is 0 Å². The first-order valence-corrected chi connectivity index (χ1v) is 7.93. The molecule has 0 heterocycles. The molecule has 2 nitrogen and oxygen atoms in total. The number of nitrogens with one attached hydrogen (secondary N) is 1. The zero-order valence-corrected chi connectivity index (χ0v) is 13.6. The third kappa shape index (κ3) is 5.98. The monoisotopic (exact) mass is 281 g/mol. The highest BCUT2D eigenvalue weighted by Gasteiger charge is 2.11. The summed E-state index contributed by atoms with van der Waals surface area (Å²) in [4.78, 5) is 1.26. The molecule has 0 amide bonds. The molecule has 3 heteroatoms. The molecule has 0 fully saturated rings. The number of hydrogen-bond acceptors (Lipinski definition) is 3. The van der Waals surface area contributed by atoms with Crippen molar-refractivity contribution in [2.75, 3.05) is 6.54 Å². The van der Waals surface area contributed by atoms with Crippen molar-refractivity contribution in [1.82, 2.24) is 5.32 Å². The van der Waals surface area contributed by atoms with E-state index in [0.29, 0.717) is 5.92 Å². The van der Waals surface area contributed by atoms with Gasteiger partial charge in [0.1, 0.15) is 0 Å². The van der Waals surface area contributed by atoms with Gasteiger partial charge >= 0.3 is 0 Å². The van der Waals surface area contributed by atoms with E-state index in [2.05, 4.69) is 51.2 Å². The van der Waals surface area contributed by atoms with Crippen LogP contribution >= 0.6 is 11.8 Å². The molecule has 2 unspecified atom stereocenters. The molecule has 1 rings (SSSR count). The molecule has 108 valence electrons. The summed E-state index contributed by atoms with van der Waals surface area (Å²) in [5.41, 5.74) is 2.62. The molecule has 0 bridgehead atoms. The second-order valence-corrected chi connectivity index (χ2v) is 7.11. The lowest BCUT2D eigenvalue weighted by Gasteiger charge is -2.16. The largest absolute Gasteiger partial charge is 0.392 e. The number of aryl methyl sites for hydroxylation is 1. The van der Waals surface area contributed by atoms with E-state index in [-0.39, 0.29) is 11.4 Å². The smallest absolute Gasteiger partial charge is 0.0631 e. The van der Waals surface area contributed by atoms with E-state index in [4.69, 9.17) is 0 Å². The Bertz CT molecular complexity index is 390. The molecule has 0 aliphatic carbocycles. The SMILES string of the molecule is Cc1cc(CNCC(C)C)ccc1SC(C)C(C)O. The standard InChI is InChI=1S/C16H27NOS/c1-11(2)9-17-10-15-6-7-16(12(3)8-15)19-14(5)13(4)18/h6-8,11,13-14,17-18H,9-10H2,1-5H3. The van der Waals surface area contributed by atoms with Crippen LogP contribution in [0.1, 0.15) is 38.8 Å². The maximum Gasteiger partial charge on any atom is 0.0631 e. The maximum atomic E-state index is 9.56. The second-order valence-electron chi connectivity index (χ2n) is 5.69. The molecule has 0 aliphatic rings. The molecular weight excluding hydrogens is 254 g/mol. The first kappa shape index (κ1) is 16.5. The van der Waals surface area contributed by atoms with Crippen molar-refractivity contribution >= 4 is 11.8 Å². The van der Waals surface area contributed by atoms with Crippen molar-refractivity contribution in [3.8, 4) is 0 Å². The van der Waals surface area contributed by atoms with Crippen LogP contribution in [-0.2, 0) is 6.54 Å². The molecular formula is C16H27NOS. The van der Waals surface area contributed by atoms with Crippen molar-refractivity contribution in [2.45, 2.75) is 57.4 Å². The summed E-state index contributed by atoms with van der Waals surface area (Å²) < 4.78 is 0. The summed E-state index contributed by atoms with van der Waals surface area (Å²) in [6.45, 7) is 12.5. The van der Waals surface area contributed by atoms with Crippen LogP contribution in [0.15, 0.2) is 23.1 Å². The van der Waals surface area contributed by atoms with E-state index < -0.39 is 0 Å². The molecule has 1 aromatic carbocycles. The summed E-state index contributed by atoms with van der Waals surface area (Å²) in [5.74, 6) is 0.683. The van der Waals surface area contributed by atoms with Crippen LogP contribution in [-0.4, -0.2) is 23.0 Å². The summed E-state index contributed by atoms with van der Waals surface area (Å²) in [5, 5.41) is 13.3. The Morgan fingerprint density at radius 1 is 1.21 bits per heavy atom. The van der Waals surface area contributed by atoms with Crippen molar-refractivity contribution < 1.29 is 5.11 Å². The average Bonchev–Trinajstić information content (AvgIpc) is 2.31. The van der Waals surface area contributed by atoms with Gasteiger partial charge in [0.05, 0.1) is 6.10 Å². The quantitative estimate of drug-likeness (QED) is 0.749. The van der Waals surface area contributed by atoms with Crippen molar-refractivity contribution in [1.29, 1.82) is 0 Å². The van der Waals surface area contributed by atoms with Gasteiger partial charge < -0.3 is 10.4 Å². The van der Waals surface area contributed by atoms with E-state index in [1.54, 1.807) is 11.8 Å². The van der Waals surface area contributed by atoms with Crippen LogP contribution in [0.2, 0.25) is 0 Å². The molecule has 19 heavy (non-hydrogen) atoms. The molecule has 1 aromatic rings. The van der Waals surface area contributed by atoms with E-state index in [0.717, 1.165) is 13.1 Å². The van der Waals surface area contributed by atoms with E-state index in [1.807, 2.05) is 6.92 Å². The van der Waals surface area contributed by atoms with Crippen LogP contribution in [0.3, 0.4) is 0 Å². The van der Waals surface area contributed by atoms with Gasteiger partial charge in [-0.1, -0.05) is 32.9 Å². The van der Waals surface area contributed by atoms with Gasteiger partial charge in [-0.2, -0.15) is 0 Å². The number of rotatable bonds is 7. The Balaban J connectivity index is 2.59. The zero-order chi connectivity index (χ0) is 14.4. The summed E-state index contributed by atoms with van der Waals surface area (Å²) in [7, 11) is 0. The first-order chi connectivity index (χ1) is 8.90. The normalized spacial score (nSPS) is 14.7. The molecule has 0 aromatic heterocycles. The highest BCUT2D eigenvalue weighted by molar-refractivity contribution is 8.00. The summed E-state index contributed by atoms with van der Waals surface area (Å²) in [6, 6.07) is 6.59. The predicted molar refractivity (Wildman–Crippen MR) is 84.7 cm³/mol. The number of hydrogen-bond donors (Lipinski definition) is 2. The molecule has 0 aliphatic heterocycles. The van der Waals surface area contributed by atoms with Gasteiger partial charge in [0, 0.05) is 16.7 Å². The van der Waals surface area contributed by atoms with Crippen LogP contribution < -0.4 is 5.32 Å². The van der Waals surface area contributed by atoms with Gasteiger partial charge in [-0.05, 0) is 43.5 Å². The Labute approximate surface area is 122 Å². The van der Waals surface area contributed by atoms with Crippen LogP contribution in [0.5, 0.6) is 0 Å². The van der Waals surface area contributed by atoms with Gasteiger partial charge in [0.2, 0.25) is 0 Å². The van der Waals surface area contributed by atoms with Gasteiger partial charge in [0.25, 0.3) is 0 Å². The van der Waals surface area contributed by atoms with Crippen LogP contribution in [0.25, 0.3) is 0 Å². The maximum absolute atomic E-state index is 9.56. The average molecular weight is 281 g/mol. The fourth-order valence-electron chi connectivity index (χ4n) is 1.76. The van der Waals surface area contributed by atoms with Gasteiger partial charge in [-0.15, -0.1) is 11.8 Å². The minimum Gasteiger partial charge on any atom is -0.392 e. The highest BCUT2D eigenvalue weighted by Crippen LogP contribution is 2.28. The molecule has 0 saturated carbocycles. The predicted octanol–water partition coefficient (Wildman–Crippen LogP) is 3.60. The Hall–Kier alpha value is -0.510. The van der Waals surface area contributed by atoms with Gasteiger partial charge in [-0.3, -0.25) is 0 Å². The third-order valence-electron chi connectivity index (χ3n) is 3.11. The number of thioether (sulfide) groups is 1. The van der Waals surface area contributed by atoms with Gasteiger partial charge in [-0.25, -0.2) is 0 Å². The third-order valence-corrected chi connectivity index (χ3v) is 4.59. The van der Waals surface area contributed by atoms with Crippen molar-refractivity contribution in [2.24, 2.45) is 5.92 Å². The minimum absolute atomic E-state index is 0.226. The molecule has 2 atom stereocenters. The first-order valence-electron chi connectivity index (χ1n) is 7.05. The lowest BCUT2D eigenvalue weighted by atomic mass is 10.1. The summed E-state index contributed by atoms with van der Waals surface area (Å²) in [6.07, 6.45) is -0.281. The summed E-state index contributed by atoms with van der Waals surface area (Å²) >= 11 is 1.75. The molecule has 0 saturated heterocycles. The van der Waals surface area contributed by atoms with E-state index in [9.17, 15) is 5.11 Å². The number of benzene rings is 1. The number of aliphatic hydroxyl groups is 1. The van der Waals surface area contributed by atoms with Crippen LogP contribution in [0, 0.1) is 12.8 Å². The van der Waals surface area contributed by atoms with Crippen LogP contribution in [0.4, 0.5) is 0 Å². The number of aliphatic hydroxyl groups excluding tert-OH is 1. The Morgan fingerprint density at radius 2 is 1.89 bits per heavy atom. The minimum atomic E-state index is -0.281. The molecule has 0 radical (unpaired) electrons. The van der Waals surface area contributed by atoms with E-state index in [1.165, 1.54) is 16.0 Å². The van der Waals surface area contributed by atoms with Gasteiger partial charge in [0.15, 0.2) is 0 Å². The lowest BCUT2D eigenvalue weighted by Crippen LogP contribution is -2.19. The fourth-order valence-corrected chi connectivity index (χ4v) is 2.75. The molecule has 0 spiro atoms. The lowest BCUT2D eigenvalue weighted by molar-refractivity contribution is 0.196. The Morgan fingerprint density at radius 3 is 2.42 bits per heavy atom. The van der Waals surface area contributed by atoms with Crippen molar-refractivity contribution in [3.05, 3.63) is 29.3 Å². The van der Waals surface area contributed by atoms with Crippen molar-refractivity contribution in [3.63, 3.8) is 0 Å². The molecule has 2 N–H and O–H groups in total. The second kappa shape index (κ2) is 7.93.